The maximum Gasteiger partial charge on any atom is 0.306 e. The van der Waals surface area contributed by atoms with E-state index in [0.29, 0.717) is 19.5 Å². The number of carbonyl (C=O) groups is 1. The number of esters is 1. The van der Waals surface area contributed by atoms with Gasteiger partial charge in [-0.25, -0.2) is 13.1 Å². The molecule has 1 unspecified atom stereocenters. The molecule has 10 heteroatoms. The average Bonchev–Trinajstić information content (AvgIpc) is 3.39. The minimum absolute atomic E-state index is 0.0130. The van der Waals surface area contributed by atoms with Crippen LogP contribution in [0.25, 0.3) is 11.0 Å². The molecule has 1 N–H and O–H groups in total. The van der Waals surface area contributed by atoms with Crippen molar-refractivity contribution in [2.75, 3.05) is 13.2 Å². The predicted octanol–water partition coefficient (Wildman–Crippen LogP) is 4.85. The van der Waals surface area contributed by atoms with Gasteiger partial charge in [-0.1, -0.05) is 41.6 Å². The highest BCUT2D eigenvalue weighted by molar-refractivity contribution is 7.89. The van der Waals surface area contributed by atoms with E-state index in [1.165, 1.54) is 28.6 Å². The first-order valence-electron chi connectivity index (χ1n) is 13.7. The first kappa shape index (κ1) is 28.5. The van der Waals surface area contributed by atoms with E-state index >= 15 is 0 Å². The summed E-state index contributed by atoms with van der Waals surface area (Å²) in [6.07, 6.45) is 4.70. The largest absolute Gasteiger partial charge is 0.508 e. The number of carbonyl (C=O) groups excluding carboxylic acids is 1. The quantitative estimate of drug-likeness (QED) is 0.224. The molecule has 5 rings (SSSR count). The van der Waals surface area contributed by atoms with Crippen molar-refractivity contribution in [2.45, 2.75) is 57.5 Å². The van der Waals surface area contributed by atoms with Crippen LogP contribution in [-0.2, 0) is 39.1 Å². The summed E-state index contributed by atoms with van der Waals surface area (Å²) in [6, 6.07) is 15.7. The van der Waals surface area contributed by atoms with E-state index in [1.807, 2.05) is 61.0 Å². The lowest BCUT2D eigenvalue weighted by molar-refractivity contribution is -0.143. The number of aryl methyl sites for hydroxylation is 1. The summed E-state index contributed by atoms with van der Waals surface area (Å²) in [5.74, 6) is -0.601. The molecule has 0 radical (unpaired) electrons. The van der Waals surface area contributed by atoms with E-state index in [-0.39, 0.29) is 42.1 Å². The molecule has 0 aliphatic carbocycles. The van der Waals surface area contributed by atoms with Crippen LogP contribution in [0.5, 0.6) is 5.75 Å². The number of ether oxygens (including phenoxy) is 1. The second-order valence-corrected chi connectivity index (χ2v) is 12.1. The van der Waals surface area contributed by atoms with E-state index in [4.69, 9.17) is 4.74 Å². The fourth-order valence-electron chi connectivity index (χ4n) is 5.43. The van der Waals surface area contributed by atoms with Gasteiger partial charge in [0.1, 0.15) is 11.3 Å². The van der Waals surface area contributed by atoms with Gasteiger partial charge in [-0.15, -0.1) is 5.10 Å². The Hall–Kier alpha value is -4.02. The molecule has 2 heterocycles. The molecule has 0 saturated carbocycles. The summed E-state index contributed by atoms with van der Waals surface area (Å²) in [7, 11) is -3.74. The molecule has 0 spiro atoms. The molecule has 3 aromatic carbocycles. The molecule has 0 amide bonds. The zero-order valence-electron chi connectivity index (χ0n) is 23.4. The highest BCUT2D eigenvalue weighted by atomic mass is 32.2. The predicted molar refractivity (Wildman–Crippen MR) is 156 cm³/mol. The second-order valence-electron chi connectivity index (χ2n) is 10.2. The normalized spacial score (nSPS) is 14.8. The Bertz CT molecular complexity index is 1710. The van der Waals surface area contributed by atoms with Crippen molar-refractivity contribution in [1.82, 2.24) is 19.3 Å². The Balaban J connectivity index is 1.52. The third kappa shape index (κ3) is 5.75. The smallest absolute Gasteiger partial charge is 0.306 e. The van der Waals surface area contributed by atoms with Crippen molar-refractivity contribution in [3.63, 3.8) is 0 Å². The molecule has 0 bridgehead atoms. The molecule has 9 nitrogen and oxygen atoms in total. The lowest BCUT2D eigenvalue weighted by Gasteiger charge is -2.29. The molecule has 214 valence electrons. The number of hydrogen-bond donors (Lipinski definition) is 1. The Labute approximate surface area is 240 Å². The Morgan fingerprint density at radius 3 is 2.63 bits per heavy atom. The van der Waals surface area contributed by atoms with Crippen LogP contribution in [0, 0.1) is 6.92 Å². The van der Waals surface area contributed by atoms with Crippen molar-refractivity contribution in [3.05, 3.63) is 94.6 Å². The number of aromatic nitrogens is 3. The summed E-state index contributed by atoms with van der Waals surface area (Å²) in [4.78, 5) is 12.9. The van der Waals surface area contributed by atoms with E-state index in [1.54, 1.807) is 6.92 Å². The van der Waals surface area contributed by atoms with Crippen LogP contribution in [0.4, 0.5) is 0 Å². The molecule has 1 aliphatic heterocycles. The molecule has 0 fully saturated rings. The number of phenols is 1. The summed E-state index contributed by atoms with van der Waals surface area (Å²) in [6.45, 7) is 7.23. The number of rotatable bonds is 9. The Morgan fingerprint density at radius 2 is 1.90 bits per heavy atom. The fraction of sp³-hybridized carbons (Fsp3) is 0.323. The monoisotopic (exact) mass is 574 g/mol. The average molecular weight is 575 g/mol. The van der Waals surface area contributed by atoms with Gasteiger partial charge in [0.05, 0.1) is 30.0 Å². The van der Waals surface area contributed by atoms with Gasteiger partial charge in [0.15, 0.2) is 0 Å². The van der Waals surface area contributed by atoms with Crippen LogP contribution in [0.1, 0.15) is 54.0 Å². The molecule has 41 heavy (non-hydrogen) atoms. The third-order valence-electron chi connectivity index (χ3n) is 7.63. The van der Waals surface area contributed by atoms with Crippen LogP contribution < -0.4 is 0 Å². The van der Waals surface area contributed by atoms with Crippen molar-refractivity contribution in [3.8, 4) is 5.75 Å². The summed E-state index contributed by atoms with van der Waals surface area (Å²) in [5, 5.41) is 18.4. The zero-order valence-corrected chi connectivity index (χ0v) is 24.3. The van der Waals surface area contributed by atoms with Crippen molar-refractivity contribution >= 4 is 27.0 Å². The maximum atomic E-state index is 13.4. The third-order valence-corrected chi connectivity index (χ3v) is 9.49. The second kappa shape index (κ2) is 11.8. The standard InChI is InChI=1S/C31H34N4O5S/c1-4-6-16-35-29-14-13-27(21(3)31(29)32-33-35)28(19-30(37)40-5-2)23-8-7-22-15-17-34(20-24(22)18-23)41(38,39)26-11-9-25(36)10-12-26/h4,6-14,18,28,36H,5,15-17,19-20H2,1-3H3/b6-4+. The number of benzene rings is 3. The molecule has 0 saturated heterocycles. The first-order valence-corrected chi connectivity index (χ1v) is 15.2. The van der Waals surface area contributed by atoms with E-state index in [0.717, 1.165) is 38.9 Å². The van der Waals surface area contributed by atoms with Crippen molar-refractivity contribution in [2.24, 2.45) is 0 Å². The van der Waals surface area contributed by atoms with Gasteiger partial charge in [-0.3, -0.25) is 4.79 Å². The van der Waals surface area contributed by atoms with Crippen LogP contribution in [-0.4, -0.2) is 51.9 Å². The molecule has 4 aromatic rings. The van der Waals surface area contributed by atoms with E-state index in [2.05, 4.69) is 10.3 Å². The number of aromatic hydroxyl groups is 1. The molecular formula is C31H34N4O5S. The number of nitrogens with zero attached hydrogens (tertiary/aromatic N) is 4. The van der Waals surface area contributed by atoms with Gasteiger partial charge >= 0.3 is 5.97 Å². The minimum Gasteiger partial charge on any atom is -0.508 e. The minimum atomic E-state index is -3.74. The topological polar surface area (TPSA) is 115 Å². The van der Waals surface area contributed by atoms with Crippen molar-refractivity contribution < 1.29 is 23.1 Å². The molecule has 1 atom stereocenters. The van der Waals surface area contributed by atoms with E-state index in [9.17, 15) is 18.3 Å². The van der Waals surface area contributed by atoms with Gasteiger partial charge in [0.25, 0.3) is 0 Å². The number of allylic oxidation sites excluding steroid dienone is 2. The van der Waals surface area contributed by atoms with Gasteiger partial charge in [-0.2, -0.15) is 4.31 Å². The SMILES string of the molecule is C/C=C/Cn1nnc2c(C)c(C(CC(=O)OCC)c3ccc4c(c3)CN(S(=O)(=O)c3ccc(O)cc3)CC4)ccc21. The molecule has 1 aliphatic rings. The lowest BCUT2D eigenvalue weighted by atomic mass is 9.83. The highest BCUT2D eigenvalue weighted by Crippen LogP contribution is 2.36. The first-order chi connectivity index (χ1) is 19.7. The Morgan fingerprint density at radius 1 is 1.12 bits per heavy atom. The van der Waals surface area contributed by atoms with Crippen LogP contribution >= 0.6 is 0 Å². The van der Waals surface area contributed by atoms with Gasteiger partial charge in [0, 0.05) is 19.0 Å². The van der Waals surface area contributed by atoms with Gasteiger partial charge in [-0.05, 0) is 85.3 Å². The number of hydrogen-bond acceptors (Lipinski definition) is 7. The van der Waals surface area contributed by atoms with Gasteiger partial charge < -0.3 is 9.84 Å². The van der Waals surface area contributed by atoms with Crippen LogP contribution in [0.3, 0.4) is 0 Å². The van der Waals surface area contributed by atoms with E-state index < -0.39 is 10.0 Å². The lowest BCUT2D eigenvalue weighted by Crippen LogP contribution is -2.36. The highest BCUT2D eigenvalue weighted by Gasteiger charge is 2.30. The van der Waals surface area contributed by atoms with Crippen molar-refractivity contribution in [1.29, 1.82) is 0 Å². The maximum absolute atomic E-state index is 13.4. The van der Waals surface area contributed by atoms with Crippen LogP contribution in [0.15, 0.2) is 71.6 Å². The summed E-state index contributed by atoms with van der Waals surface area (Å²) in [5.41, 5.74) is 6.49. The zero-order chi connectivity index (χ0) is 29.1. The number of fused-ring (bicyclic) bond motifs is 2. The fourth-order valence-corrected chi connectivity index (χ4v) is 6.85. The molecule has 1 aromatic heterocycles. The van der Waals surface area contributed by atoms with Gasteiger partial charge in [0.2, 0.25) is 10.0 Å². The number of phenolic OH excluding ortho intramolecular Hbond substituents is 1. The summed E-state index contributed by atoms with van der Waals surface area (Å²) >= 11 is 0. The van der Waals surface area contributed by atoms with Crippen LogP contribution in [0.2, 0.25) is 0 Å². The summed E-state index contributed by atoms with van der Waals surface area (Å²) < 4.78 is 35.4. The Kier molecular flexibility index (Phi) is 8.23. The number of sulfonamides is 1. The molecular weight excluding hydrogens is 540 g/mol.